The average Bonchev–Trinajstić information content (AvgIpc) is 3.37. The van der Waals surface area contributed by atoms with Gasteiger partial charge in [0.1, 0.15) is 12.1 Å². The van der Waals surface area contributed by atoms with Crippen molar-refractivity contribution >= 4 is 17.5 Å². The summed E-state index contributed by atoms with van der Waals surface area (Å²) in [5.74, 6) is 0.744. The van der Waals surface area contributed by atoms with Crippen LogP contribution in [0.15, 0.2) is 36.7 Å². The Labute approximate surface area is 176 Å². The Balaban J connectivity index is 1.73. The van der Waals surface area contributed by atoms with E-state index in [2.05, 4.69) is 25.8 Å². The van der Waals surface area contributed by atoms with Crippen LogP contribution in [-0.4, -0.2) is 65.2 Å². The average molecular weight is 412 g/mol. The van der Waals surface area contributed by atoms with E-state index in [1.165, 1.54) is 0 Å². The highest BCUT2D eigenvalue weighted by atomic mass is 16.5. The van der Waals surface area contributed by atoms with E-state index in [9.17, 15) is 9.59 Å². The molecule has 8 heteroatoms. The van der Waals surface area contributed by atoms with Crippen LogP contribution >= 0.6 is 0 Å². The van der Waals surface area contributed by atoms with Crippen molar-refractivity contribution in [2.24, 2.45) is 0 Å². The number of hydrogen-bond donors (Lipinski definition) is 1. The van der Waals surface area contributed by atoms with Crippen LogP contribution in [0, 0.1) is 0 Å². The summed E-state index contributed by atoms with van der Waals surface area (Å²) in [7, 11) is 0. The molecule has 8 nitrogen and oxygen atoms in total. The second kappa shape index (κ2) is 8.10. The van der Waals surface area contributed by atoms with Gasteiger partial charge in [-0.15, -0.1) is 0 Å². The number of pyridine rings is 1. The standard InChI is InChI=1S/C22H29N5O3/c1-4-30-14-20(29)25-12-9-22(15-25)18-8-6-11-26(18)21-17(7-5-10-23-21)27(22)13-19(28)24-16(2)3/h5-8,10-11,16H,4,9,12-15H2,1-3H3,(H,24,28)/t22-/m0/s1. The fraction of sp³-hybridized carbons (Fsp3) is 0.500. The molecule has 160 valence electrons. The van der Waals surface area contributed by atoms with Gasteiger partial charge in [-0.1, -0.05) is 0 Å². The summed E-state index contributed by atoms with van der Waals surface area (Å²) < 4.78 is 7.43. The van der Waals surface area contributed by atoms with Gasteiger partial charge in [-0.3, -0.25) is 9.59 Å². The number of aromatic nitrogens is 2. The van der Waals surface area contributed by atoms with E-state index in [0.29, 0.717) is 19.7 Å². The second-order valence-electron chi connectivity index (χ2n) is 8.15. The van der Waals surface area contributed by atoms with Gasteiger partial charge in [0.2, 0.25) is 11.8 Å². The largest absolute Gasteiger partial charge is 0.372 e. The molecule has 30 heavy (non-hydrogen) atoms. The number of likely N-dealkylation sites (tertiary alicyclic amines) is 1. The number of carbonyl (C=O) groups is 2. The van der Waals surface area contributed by atoms with Crippen molar-refractivity contribution in [3.05, 3.63) is 42.4 Å². The predicted molar refractivity (Wildman–Crippen MR) is 114 cm³/mol. The summed E-state index contributed by atoms with van der Waals surface area (Å²) in [6, 6.07) is 8.02. The molecule has 1 spiro atoms. The minimum atomic E-state index is -0.490. The van der Waals surface area contributed by atoms with Gasteiger partial charge < -0.3 is 24.4 Å². The molecular formula is C22H29N5O3. The van der Waals surface area contributed by atoms with Crippen molar-refractivity contribution in [1.29, 1.82) is 0 Å². The summed E-state index contributed by atoms with van der Waals surface area (Å²) in [5.41, 5.74) is 1.47. The molecule has 0 aromatic carbocycles. The van der Waals surface area contributed by atoms with Gasteiger partial charge >= 0.3 is 0 Å². The van der Waals surface area contributed by atoms with Crippen molar-refractivity contribution in [3.8, 4) is 5.82 Å². The minimum absolute atomic E-state index is 0.0182. The summed E-state index contributed by atoms with van der Waals surface area (Å²) in [5, 5.41) is 3.00. The molecule has 1 N–H and O–H groups in total. The number of anilines is 1. The zero-order valence-electron chi connectivity index (χ0n) is 17.8. The topological polar surface area (TPSA) is 79.7 Å². The third-order valence-electron chi connectivity index (χ3n) is 5.81. The lowest BCUT2D eigenvalue weighted by molar-refractivity contribution is -0.135. The number of nitrogens with zero attached hydrogens (tertiary/aromatic N) is 4. The molecule has 2 aromatic rings. The molecule has 1 saturated heterocycles. The number of amides is 2. The first kappa shape index (κ1) is 20.4. The normalized spacial score (nSPS) is 19.9. The second-order valence-corrected chi connectivity index (χ2v) is 8.15. The van der Waals surface area contributed by atoms with E-state index in [4.69, 9.17) is 4.74 Å². The molecule has 2 aromatic heterocycles. The van der Waals surface area contributed by atoms with Crippen LogP contribution in [0.25, 0.3) is 5.82 Å². The van der Waals surface area contributed by atoms with E-state index in [-0.39, 0.29) is 31.0 Å². The Morgan fingerprint density at radius 2 is 2.13 bits per heavy atom. The molecule has 0 radical (unpaired) electrons. The molecule has 0 saturated carbocycles. The Morgan fingerprint density at radius 3 is 2.90 bits per heavy atom. The lowest BCUT2D eigenvalue weighted by Crippen LogP contribution is -2.56. The molecule has 1 atom stereocenters. The quantitative estimate of drug-likeness (QED) is 0.782. The van der Waals surface area contributed by atoms with Crippen molar-refractivity contribution in [2.75, 3.05) is 37.7 Å². The molecule has 1 fully saturated rings. The fourth-order valence-corrected chi connectivity index (χ4v) is 4.56. The van der Waals surface area contributed by atoms with Crippen LogP contribution in [0.5, 0.6) is 0 Å². The zero-order chi connectivity index (χ0) is 21.3. The zero-order valence-corrected chi connectivity index (χ0v) is 17.8. The van der Waals surface area contributed by atoms with Crippen molar-refractivity contribution in [1.82, 2.24) is 19.8 Å². The van der Waals surface area contributed by atoms with E-state index >= 15 is 0 Å². The Kier molecular flexibility index (Phi) is 5.51. The molecule has 2 aliphatic rings. The molecule has 0 aliphatic carbocycles. The van der Waals surface area contributed by atoms with E-state index in [1.807, 2.05) is 50.1 Å². The lowest BCUT2D eigenvalue weighted by atomic mass is 9.88. The number of fused-ring (bicyclic) bond motifs is 4. The van der Waals surface area contributed by atoms with Crippen LogP contribution < -0.4 is 10.2 Å². The lowest BCUT2D eigenvalue weighted by Gasteiger charge is -2.46. The van der Waals surface area contributed by atoms with Gasteiger partial charge in [0.15, 0.2) is 5.82 Å². The van der Waals surface area contributed by atoms with Crippen LogP contribution in [0.1, 0.15) is 32.9 Å². The number of carbonyl (C=O) groups excluding carboxylic acids is 2. The molecule has 0 unspecified atom stereocenters. The van der Waals surface area contributed by atoms with Gasteiger partial charge in [-0.05, 0) is 51.5 Å². The highest BCUT2D eigenvalue weighted by Crippen LogP contribution is 2.46. The Morgan fingerprint density at radius 1 is 1.30 bits per heavy atom. The maximum Gasteiger partial charge on any atom is 0.248 e. The first-order chi connectivity index (χ1) is 14.5. The van der Waals surface area contributed by atoms with Crippen LogP contribution in [0.3, 0.4) is 0 Å². The van der Waals surface area contributed by atoms with Gasteiger partial charge in [0.25, 0.3) is 0 Å². The molecular weight excluding hydrogens is 382 g/mol. The highest BCUT2D eigenvalue weighted by molar-refractivity contribution is 5.84. The highest BCUT2D eigenvalue weighted by Gasteiger charge is 2.51. The fourth-order valence-electron chi connectivity index (χ4n) is 4.56. The maximum atomic E-state index is 12.8. The number of ether oxygens (including phenoxy) is 1. The van der Waals surface area contributed by atoms with Gasteiger partial charge in [-0.25, -0.2) is 4.98 Å². The summed E-state index contributed by atoms with van der Waals surface area (Å²) in [4.78, 5) is 34.1. The van der Waals surface area contributed by atoms with Crippen LogP contribution in [-0.2, 0) is 19.9 Å². The van der Waals surface area contributed by atoms with Crippen LogP contribution in [0.4, 0.5) is 5.69 Å². The first-order valence-electron chi connectivity index (χ1n) is 10.5. The van der Waals surface area contributed by atoms with Crippen LogP contribution in [0.2, 0.25) is 0 Å². The molecule has 2 aliphatic heterocycles. The smallest absolute Gasteiger partial charge is 0.248 e. The monoisotopic (exact) mass is 411 g/mol. The minimum Gasteiger partial charge on any atom is -0.372 e. The van der Waals surface area contributed by atoms with E-state index < -0.39 is 5.54 Å². The summed E-state index contributed by atoms with van der Waals surface area (Å²) in [6.07, 6.45) is 4.50. The molecule has 2 amide bonds. The third-order valence-corrected chi connectivity index (χ3v) is 5.81. The number of nitrogens with one attached hydrogen (secondary N) is 1. The third kappa shape index (κ3) is 3.45. The Bertz CT molecular complexity index is 940. The van der Waals surface area contributed by atoms with E-state index in [1.54, 1.807) is 6.20 Å². The summed E-state index contributed by atoms with van der Waals surface area (Å²) in [6.45, 7) is 7.71. The van der Waals surface area contributed by atoms with Crippen molar-refractivity contribution < 1.29 is 14.3 Å². The molecule has 4 heterocycles. The van der Waals surface area contributed by atoms with Crippen molar-refractivity contribution in [2.45, 2.75) is 38.8 Å². The predicted octanol–water partition coefficient (Wildman–Crippen LogP) is 1.68. The number of rotatable bonds is 6. The first-order valence-corrected chi connectivity index (χ1v) is 10.5. The van der Waals surface area contributed by atoms with Crippen molar-refractivity contribution in [3.63, 3.8) is 0 Å². The SMILES string of the molecule is CCOCC(=O)N1CC[C@]2(C1)c1cccn1-c1ncccc1N2CC(=O)NC(C)C. The Hall–Kier alpha value is -2.87. The maximum absolute atomic E-state index is 12.8. The summed E-state index contributed by atoms with van der Waals surface area (Å²) >= 11 is 0. The molecule has 4 rings (SSSR count). The van der Waals surface area contributed by atoms with Gasteiger partial charge in [-0.2, -0.15) is 0 Å². The van der Waals surface area contributed by atoms with E-state index in [0.717, 1.165) is 23.6 Å². The van der Waals surface area contributed by atoms with Gasteiger partial charge in [0, 0.05) is 38.1 Å². The molecule has 0 bridgehead atoms. The number of hydrogen-bond acceptors (Lipinski definition) is 5. The van der Waals surface area contributed by atoms with Gasteiger partial charge in [0.05, 0.1) is 17.9 Å².